The van der Waals surface area contributed by atoms with E-state index in [1.54, 1.807) is 19.1 Å². The number of rotatable bonds is 3. The summed E-state index contributed by atoms with van der Waals surface area (Å²) >= 11 is 5.87. The number of amides is 1. The van der Waals surface area contributed by atoms with E-state index < -0.39 is 16.4 Å². The predicted molar refractivity (Wildman–Crippen MR) is 91.8 cm³/mol. The predicted octanol–water partition coefficient (Wildman–Crippen LogP) is 3.30. The van der Waals surface area contributed by atoms with Gasteiger partial charge in [0.2, 0.25) is 0 Å². The van der Waals surface area contributed by atoms with Gasteiger partial charge in [0.05, 0.1) is 11.1 Å². The molecule has 1 saturated heterocycles. The summed E-state index contributed by atoms with van der Waals surface area (Å²) in [6.07, 6.45) is 1.16. The quantitative estimate of drug-likeness (QED) is 0.517. The van der Waals surface area contributed by atoms with Crippen LogP contribution in [0, 0.1) is 10.8 Å². The van der Waals surface area contributed by atoms with Crippen molar-refractivity contribution in [2.75, 3.05) is 0 Å². The number of ether oxygens (including phenoxy) is 1. The molecule has 1 aliphatic carbocycles. The van der Waals surface area contributed by atoms with Crippen molar-refractivity contribution in [2.45, 2.75) is 46.1 Å². The molecule has 5 nitrogen and oxygen atoms in total. The van der Waals surface area contributed by atoms with E-state index in [-0.39, 0.29) is 11.9 Å². The molecule has 2 atom stereocenters. The second kappa shape index (κ2) is 5.31. The molecule has 2 bridgehead atoms. The molecule has 3 rings (SSSR count). The molecule has 2 aliphatic rings. The zero-order chi connectivity index (χ0) is 17.8. The average Bonchev–Trinajstić information content (AvgIpc) is 2.83. The van der Waals surface area contributed by atoms with Crippen molar-refractivity contribution in [3.8, 4) is 0 Å². The van der Waals surface area contributed by atoms with E-state index in [1.807, 2.05) is 32.9 Å². The molecule has 2 unspecified atom stereocenters. The molecule has 1 heterocycles. The van der Waals surface area contributed by atoms with Gasteiger partial charge in [-0.05, 0) is 44.4 Å². The van der Waals surface area contributed by atoms with E-state index in [1.165, 1.54) is 0 Å². The van der Waals surface area contributed by atoms with Gasteiger partial charge in [-0.15, -0.1) is 0 Å². The summed E-state index contributed by atoms with van der Waals surface area (Å²) in [5, 5.41) is 4.81. The molecular formula is C18H21ClN2O3. The first-order chi connectivity index (χ1) is 11.1. The second-order valence-corrected chi connectivity index (χ2v) is 7.76. The summed E-state index contributed by atoms with van der Waals surface area (Å²) in [7, 11) is 0. The number of carbonyl (C=O) groups excluding carboxylic acids is 2. The van der Waals surface area contributed by atoms with Crippen molar-refractivity contribution in [3.63, 3.8) is 0 Å². The van der Waals surface area contributed by atoms with Crippen molar-refractivity contribution < 1.29 is 14.3 Å². The molecule has 0 radical (unpaired) electrons. The standard InChI is InChI=1S/C18H21ClN2O3/c1-11(12-5-7-13(19)8-6-12)20-21-14(22)18-10-9-17(4,15(23)24-18)16(18,2)3/h5-8H,9-10H2,1-4H3,(H,21,22)/b20-11+. The Morgan fingerprint density at radius 2 is 1.83 bits per heavy atom. The number of nitrogens with zero attached hydrogens (tertiary/aromatic N) is 1. The highest BCUT2D eigenvalue weighted by molar-refractivity contribution is 6.30. The van der Waals surface area contributed by atoms with Crippen LogP contribution in [0.15, 0.2) is 29.4 Å². The zero-order valence-electron chi connectivity index (χ0n) is 14.3. The van der Waals surface area contributed by atoms with Gasteiger partial charge in [-0.2, -0.15) is 5.10 Å². The first kappa shape index (κ1) is 17.0. The normalized spacial score (nSPS) is 31.0. The summed E-state index contributed by atoms with van der Waals surface area (Å²) in [6, 6.07) is 7.19. The maximum atomic E-state index is 12.8. The van der Waals surface area contributed by atoms with Crippen LogP contribution in [0.5, 0.6) is 0 Å². The van der Waals surface area contributed by atoms with Gasteiger partial charge in [-0.1, -0.05) is 37.6 Å². The van der Waals surface area contributed by atoms with Gasteiger partial charge in [0.15, 0.2) is 5.60 Å². The number of halogens is 1. The largest absolute Gasteiger partial charge is 0.448 e. The number of hydrogen-bond acceptors (Lipinski definition) is 4. The number of benzene rings is 1. The van der Waals surface area contributed by atoms with Crippen LogP contribution in [-0.2, 0) is 14.3 Å². The summed E-state index contributed by atoms with van der Waals surface area (Å²) in [5.74, 6) is -0.664. The van der Waals surface area contributed by atoms with E-state index in [4.69, 9.17) is 16.3 Å². The van der Waals surface area contributed by atoms with Gasteiger partial charge >= 0.3 is 5.97 Å². The third-order valence-corrected chi connectivity index (χ3v) is 6.29. The van der Waals surface area contributed by atoms with Gasteiger partial charge in [0.25, 0.3) is 5.91 Å². The van der Waals surface area contributed by atoms with Gasteiger partial charge in [0, 0.05) is 10.4 Å². The Kier molecular flexibility index (Phi) is 3.75. The van der Waals surface area contributed by atoms with Crippen LogP contribution in [-0.4, -0.2) is 23.2 Å². The van der Waals surface area contributed by atoms with Crippen LogP contribution in [0.4, 0.5) is 0 Å². The minimum absolute atomic E-state index is 0.299. The minimum Gasteiger partial charge on any atom is -0.448 e. The number of hydrazone groups is 1. The Bertz CT molecular complexity index is 741. The fraction of sp³-hybridized carbons (Fsp3) is 0.500. The van der Waals surface area contributed by atoms with Gasteiger partial charge in [-0.3, -0.25) is 9.59 Å². The summed E-state index contributed by atoms with van der Waals surface area (Å²) in [4.78, 5) is 25.0. The Morgan fingerprint density at radius 3 is 2.33 bits per heavy atom. The van der Waals surface area contributed by atoms with E-state index in [0.717, 1.165) is 5.56 Å². The summed E-state index contributed by atoms with van der Waals surface area (Å²) in [5.41, 5.74) is 1.74. The van der Waals surface area contributed by atoms with Crippen molar-refractivity contribution >= 4 is 29.2 Å². The maximum absolute atomic E-state index is 12.8. The third kappa shape index (κ3) is 2.10. The SMILES string of the molecule is C/C(=N\NC(=O)C12CCC(C)(C(=O)O1)C2(C)C)c1ccc(Cl)cc1. The van der Waals surface area contributed by atoms with Gasteiger partial charge < -0.3 is 4.74 Å². The molecular weight excluding hydrogens is 328 g/mol. The van der Waals surface area contributed by atoms with Crippen LogP contribution < -0.4 is 5.43 Å². The molecule has 6 heteroatoms. The minimum atomic E-state index is -1.15. The lowest BCUT2D eigenvalue weighted by Crippen LogP contribution is -2.52. The average molecular weight is 349 g/mol. The molecule has 1 aromatic rings. The topological polar surface area (TPSA) is 67.8 Å². The maximum Gasteiger partial charge on any atom is 0.313 e. The Balaban J connectivity index is 1.82. The zero-order valence-corrected chi connectivity index (χ0v) is 15.0. The monoisotopic (exact) mass is 348 g/mol. The molecule has 128 valence electrons. The lowest BCUT2D eigenvalue weighted by Gasteiger charge is -2.34. The van der Waals surface area contributed by atoms with Crippen molar-refractivity contribution in [1.29, 1.82) is 0 Å². The highest BCUT2D eigenvalue weighted by atomic mass is 35.5. The highest BCUT2D eigenvalue weighted by Crippen LogP contribution is 2.65. The molecule has 1 aromatic carbocycles. The molecule has 24 heavy (non-hydrogen) atoms. The lowest BCUT2D eigenvalue weighted by atomic mass is 9.66. The van der Waals surface area contributed by atoms with E-state index in [2.05, 4.69) is 10.5 Å². The van der Waals surface area contributed by atoms with E-state index >= 15 is 0 Å². The Morgan fingerprint density at radius 1 is 1.21 bits per heavy atom. The first-order valence-corrected chi connectivity index (χ1v) is 8.36. The number of fused-ring (bicyclic) bond motifs is 2. The Hall–Kier alpha value is -1.88. The number of nitrogens with one attached hydrogen (secondary N) is 1. The van der Waals surface area contributed by atoms with Crippen molar-refractivity contribution in [1.82, 2.24) is 5.43 Å². The summed E-state index contributed by atoms with van der Waals surface area (Å²) in [6.45, 7) is 7.51. The molecule has 1 N–H and O–H groups in total. The van der Waals surface area contributed by atoms with Crippen LogP contribution in [0.2, 0.25) is 5.02 Å². The summed E-state index contributed by atoms with van der Waals surface area (Å²) < 4.78 is 5.54. The second-order valence-electron chi connectivity index (χ2n) is 7.32. The van der Waals surface area contributed by atoms with E-state index in [9.17, 15) is 9.59 Å². The number of esters is 1. The van der Waals surface area contributed by atoms with E-state index in [0.29, 0.717) is 23.6 Å². The van der Waals surface area contributed by atoms with Crippen LogP contribution in [0.3, 0.4) is 0 Å². The molecule has 1 saturated carbocycles. The number of hydrogen-bond donors (Lipinski definition) is 1. The molecule has 1 aliphatic heterocycles. The third-order valence-electron chi connectivity index (χ3n) is 6.04. The first-order valence-electron chi connectivity index (χ1n) is 7.98. The van der Waals surface area contributed by atoms with Crippen LogP contribution in [0.25, 0.3) is 0 Å². The lowest BCUT2D eigenvalue weighted by molar-refractivity contribution is -0.168. The van der Waals surface area contributed by atoms with Gasteiger partial charge in [-0.25, -0.2) is 5.43 Å². The Labute approximate surface area is 146 Å². The molecule has 0 aromatic heterocycles. The molecule has 0 spiro atoms. The van der Waals surface area contributed by atoms with Gasteiger partial charge in [0.1, 0.15) is 0 Å². The fourth-order valence-electron chi connectivity index (χ4n) is 3.73. The highest BCUT2D eigenvalue weighted by Gasteiger charge is 2.75. The molecule has 1 amide bonds. The smallest absolute Gasteiger partial charge is 0.313 e. The van der Waals surface area contributed by atoms with Crippen molar-refractivity contribution in [2.24, 2.45) is 15.9 Å². The number of carbonyl (C=O) groups is 2. The van der Waals surface area contributed by atoms with Crippen LogP contribution in [0.1, 0.15) is 46.1 Å². The van der Waals surface area contributed by atoms with Crippen molar-refractivity contribution in [3.05, 3.63) is 34.9 Å². The fourth-order valence-corrected chi connectivity index (χ4v) is 3.85. The van der Waals surface area contributed by atoms with Crippen LogP contribution >= 0.6 is 11.6 Å². The molecule has 2 fully saturated rings.